The van der Waals surface area contributed by atoms with Gasteiger partial charge in [0.05, 0.1) is 10.5 Å². The van der Waals surface area contributed by atoms with Gasteiger partial charge in [-0.15, -0.1) is 0 Å². The lowest BCUT2D eigenvalue weighted by Gasteiger charge is -2.01. The second-order valence-corrected chi connectivity index (χ2v) is 2.86. The zero-order chi connectivity index (χ0) is 10.6. The average molecular weight is 234 g/mol. The van der Waals surface area contributed by atoms with Crippen LogP contribution in [0.3, 0.4) is 0 Å². The molecule has 0 atom stereocenters. The fraction of sp³-hybridized carbons (Fsp3) is 0. The van der Waals surface area contributed by atoms with Gasteiger partial charge in [-0.1, -0.05) is 11.6 Å². The Bertz CT molecular complexity index is 361. The van der Waals surface area contributed by atoms with Crippen LogP contribution in [0.15, 0.2) is 35.0 Å². The Hall–Kier alpha value is -1.26. The number of non-ortho nitro benzene ring substituents is 1. The smallest absolute Gasteiger partial charge is 0.269 e. The first kappa shape index (κ1) is 10.8. The van der Waals surface area contributed by atoms with Gasteiger partial charge >= 0.3 is 0 Å². The first-order valence-corrected chi connectivity index (χ1v) is 4.33. The summed E-state index contributed by atoms with van der Waals surface area (Å²) in [6.07, 6.45) is 0. The largest absolute Gasteiger partial charge is 0.444 e. The van der Waals surface area contributed by atoms with Gasteiger partial charge in [-0.3, -0.25) is 10.1 Å². The molecule has 74 valence electrons. The van der Waals surface area contributed by atoms with Crippen LogP contribution in [0.2, 0.25) is 0 Å². The predicted octanol–water partition coefficient (Wildman–Crippen LogP) is 3.25. The third-order valence-corrected chi connectivity index (χ3v) is 1.84. The Kier molecular flexibility index (Phi) is 3.73. The van der Waals surface area contributed by atoms with Gasteiger partial charge in [0.15, 0.2) is 0 Å². The van der Waals surface area contributed by atoms with Gasteiger partial charge < -0.3 is 4.74 Å². The van der Waals surface area contributed by atoms with Crippen LogP contribution in [0.4, 0.5) is 5.69 Å². The monoisotopic (exact) mass is 233 g/mol. The molecular formula is C8H5Cl2NO3. The highest BCUT2D eigenvalue weighted by Gasteiger charge is 2.04. The average Bonchev–Trinajstić information content (AvgIpc) is 2.18. The van der Waals surface area contributed by atoms with Crippen molar-refractivity contribution in [3.8, 4) is 5.75 Å². The molecule has 0 heterocycles. The third kappa shape index (κ3) is 2.90. The molecular weight excluding hydrogens is 229 g/mol. The summed E-state index contributed by atoms with van der Waals surface area (Å²) in [7, 11) is 0. The highest BCUT2D eigenvalue weighted by Crippen LogP contribution is 2.20. The quantitative estimate of drug-likeness (QED) is 0.458. The first-order chi connectivity index (χ1) is 6.63. The van der Waals surface area contributed by atoms with E-state index in [1.54, 1.807) is 0 Å². The molecule has 0 aliphatic rings. The van der Waals surface area contributed by atoms with E-state index in [-0.39, 0.29) is 10.9 Å². The number of rotatable bonds is 3. The molecule has 0 unspecified atom stereocenters. The predicted molar refractivity (Wildman–Crippen MR) is 53.5 cm³/mol. The normalized spacial score (nSPS) is 11.1. The fourth-order valence-corrected chi connectivity index (χ4v) is 0.904. The summed E-state index contributed by atoms with van der Waals surface area (Å²) in [5, 5.41) is 10.3. The zero-order valence-corrected chi connectivity index (χ0v) is 8.33. The molecule has 1 aromatic carbocycles. The molecule has 0 N–H and O–H groups in total. The summed E-state index contributed by atoms with van der Waals surface area (Å²) in [5.41, 5.74) is 1.05. The highest BCUT2D eigenvalue weighted by molar-refractivity contribution is 6.35. The second kappa shape index (κ2) is 4.83. The number of halogens is 2. The van der Waals surface area contributed by atoms with E-state index >= 15 is 0 Å². The molecule has 0 aliphatic heterocycles. The summed E-state index contributed by atoms with van der Waals surface area (Å²) in [6.45, 7) is 0. The van der Waals surface area contributed by atoms with Crippen LogP contribution in [0.25, 0.3) is 0 Å². The molecule has 1 aromatic rings. The van der Waals surface area contributed by atoms with E-state index in [4.69, 9.17) is 27.9 Å². The third-order valence-electron chi connectivity index (χ3n) is 1.35. The number of nitro benzene ring substituents is 1. The highest BCUT2D eigenvalue weighted by atomic mass is 35.5. The number of nitro groups is 1. The molecule has 4 nitrogen and oxygen atoms in total. The fourth-order valence-electron chi connectivity index (χ4n) is 0.771. The Labute approximate surface area is 89.8 Å². The molecule has 14 heavy (non-hydrogen) atoms. The van der Waals surface area contributed by atoms with Crippen molar-refractivity contribution in [2.45, 2.75) is 0 Å². The molecule has 0 fully saturated rings. The van der Waals surface area contributed by atoms with Crippen LogP contribution in [-0.4, -0.2) is 4.92 Å². The Morgan fingerprint density at radius 2 is 2.00 bits per heavy atom. The lowest BCUT2D eigenvalue weighted by atomic mass is 10.3. The summed E-state index contributed by atoms with van der Waals surface area (Å²) in [5.74, 6) is 0.387. The van der Waals surface area contributed by atoms with Gasteiger partial charge in [0.2, 0.25) is 5.22 Å². The van der Waals surface area contributed by atoms with E-state index in [9.17, 15) is 10.1 Å². The van der Waals surface area contributed by atoms with E-state index < -0.39 is 4.92 Å². The lowest BCUT2D eigenvalue weighted by molar-refractivity contribution is -0.384. The van der Waals surface area contributed by atoms with E-state index in [1.807, 2.05) is 0 Å². The standard InChI is InChI=1S/C8H5Cl2NO3/c9-5-8(10)14-7-3-1-6(2-4-7)11(12)13/h1-5H/b8-5+. The van der Waals surface area contributed by atoms with Crippen LogP contribution in [0.1, 0.15) is 0 Å². The van der Waals surface area contributed by atoms with Crippen molar-refractivity contribution in [2.24, 2.45) is 0 Å². The number of nitrogens with zero attached hydrogens (tertiary/aromatic N) is 1. The Morgan fingerprint density at radius 1 is 1.43 bits per heavy atom. The number of hydrogen-bond donors (Lipinski definition) is 0. The SMILES string of the molecule is O=[N+]([O-])c1ccc(O/C(Cl)=C/Cl)cc1. The Morgan fingerprint density at radius 3 is 2.43 bits per heavy atom. The van der Waals surface area contributed by atoms with Crippen LogP contribution in [0.5, 0.6) is 5.75 Å². The molecule has 0 aliphatic carbocycles. The summed E-state index contributed by atoms with van der Waals surface area (Å²) in [6, 6.07) is 5.49. The minimum atomic E-state index is -0.497. The van der Waals surface area contributed by atoms with Crippen molar-refractivity contribution in [3.63, 3.8) is 0 Å². The molecule has 1 rings (SSSR count). The summed E-state index contributed by atoms with van der Waals surface area (Å²) < 4.78 is 4.97. The number of hydrogen-bond acceptors (Lipinski definition) is 3. The molecule has 0 bridgehead atoms. The van der Waals surface area contributed by atoms with Gasteiger partial charge in [0, 0.05) is 12.1 Å². The van der Waals surface area contributed by atoms with Crippen LogP contribution >= 0.6 is 23.2 Å². The van der Waals surface area contributed by atoms with Crippen LogP contribution in [-0.2, 0) is 0 Å². The Balaban J connectivity index is 2.79. The number of benzene rings is 1. The van der Waals surface area contributed by atoms with Gasteiger partial charge in [0.1, 0.15) is 5.75 Å². The van der Waals surface area contributed by atoms with Gasteiger partial charge in [0.25, 0.3) is 5.69 Å². The maximum atomic E-state index is 10.3. The lowest BCUT2D eigenvalue weighted by Crippen LogP contribution is -1.89. The maximum absolute atomic E-state index is 10.3. The van der Waals surface area contributed by atoms with Gasteiger partial charge in [-0.25, -0.2) is 0 Å². The summed E-state index contributed by atoms with van der Waals surface area (Å²) >= 11 is 10.7. The van der Waals surface area contributed by atoms with Crippen molar-refractivity contribution in [1.82, 2.24) is 0 Å². The van der Waals surface area contributed by atoms with Crippen molar-refractivity contribution in [3.05, 3.63) is 45.1 Å². The maximum Gasteiger partial charge on any atom is 0.269 e. The van der Waals surface area contributed by atoms with Crippen LogP contribution in [0, 0.1) is 10.1 Å². The molecule has 6 heteroatoms. The first-order valence-electron chi connectivity index (χ1n) is 3.51. The molecule has 0 aromatic heterocycles. The van der Waals surface area contributed by atoms with Gasteiger partial charge in [-0.2, -0.15) is 0 Å². The van der Waals surface area contributed by atoms with Crippen molar-refractivity contribution < 1.29 is 9.66 Å². The molecule has 0 saturated heterocycles. The summed E-state index contributed by atoms with van der Waals surface area (Å²) in [4.78, 5) is 9.80. The molecule has 0 saturated carbocycles. The van der Waals surface area contributed by atoms with E-state index in [2.05, 4.69) is 0 Å². The molecule has 0 radical (unpaired) electrons. The van der Waals surface area contributed by atoms with Crippen molar-refractivity contribution >= 4 is 28.9 Å². The minimum Gasteiger partial charge on any atom is -0.444 e. The van der Waals surface area contributed by atoms with Crippen molar-refractivity contribution in [2.75, 3.05) is 0 Å². The molecule has 0 spiro atoms. The van der Waals surface area contributed by atoms with Crippen LogP contribution < -0.4 is 4.74 Å². The van der Waals surface area contributed by atoms with E-state index in [0.717, 1.165) is 5.54 Å². The number of ether oxygens (including phenoxy) is 1. The molecule has 0 amide bonds. The second-order valence-electron chi connectivity index (χ2n) is 2.27. The van der Waals surface area contributed by atoms with E-state index in [1.165, 1.54) is 24.3 Å². The van der Waals surface area contributed by atoms with Gasteiger partial charge in [-0.05, 0) is 23.7 Å². The van der Waals surface area contributed by atoms with E-state index in [0.29, 0.717) is 5.75 Å². The topological polar surface area (TPSA) is 52.4 Å². The zero-order valence-electron chi connectivity index (χ0n) is 6.81. The minimum absolute atomic E-state index is 0.000481. The van der Waals surface area contributed by atoms with Crippen molar-refractivity contribution in [1.29, 1.82) is 0 Å².